The number of carbonyl (C=O) groups excluding carboxylic acids is 1. The molecular formula is C9H18N2O4S2. The second-order valence-electron chi connectivity index (χ2n) is 3.75. The van der Waals surface area contributed by atoms with Crippen molar-refractivity contribution in [3.8, 4) is 0 Å². The van der Waals surface area contributed by atoms with Crippen molar-refractivity contribution in [2.24, 2.45) is 5.73 Å². The third kappa shape index (κ3) is 5.94. The summed E-state index contributed by atoms with van der Waals surface area (Å²) in [6.07, 6.45) is -0.181. The lowest BCUT2D eigenvalue weighted by atomic mass is 10.4. The van der Waals surface area contributed by atoms with E-state index < -0.39 is 16.0 Å². The van der Waals surface area contributed by atoms with Crippen molar-refractivity contribution in [1.82, 2.24) is 4.31 Å². The Morgan fingerprint density at radius 3 is 2.35 bits per heavy atom. The van der Waals surface area contributed by atoms with Gasteiger partial charge in [0.25, 0.3) is 0 Å². The molecule has 0 unspecified atom stereocenters. The van der Waals surface area contributed by atoms with Crippen LogP contribution in [0.5, 0.6) is 0 Å². The first-order valence-electron chi connectivity index (χ1n) is 5.05. The van der Waals surface area contributed by atoms with Gasteiger partial charge in [-0.2, -0.15) is 4.31 Å². The molecule has 0 atom stereocenters. The van der Waals surface area contributed by atoms with E-state index in [0.29, 0.717) is 0 Å². The molecule has 0 aromatic rings. The lowest BCUT2D eigenvalue weighted by Gasteiger charge is -2.25. The number of nitrogens with zero attached hydrogens (tertiary/aromatic N) is 1. The zero-order valence-corrected chi connectivity index (χ0v) is 11.8. The maximum atomic E-state index is 11.9. The summed E-state index contributed by atoms with van der Waals surface area (Å²) in [5.74, 6) is -0.867. The lowest BCUT2D eigenvalue weighted by Crippen LogP contribution is -2.43. The highest BCUT2D eigenvalue weighted by Crippen LogP contribution is 2.09. The fourth-order valence-corrected chi connectivity index (χ4v) is 3.05. The molecule has 0 aliphatic carbocycles. The van der Waals surface area contributed by atoms with Gasteiger partial charge in [0.2, 0.25) is 10.0 Å². The minimum Gasteiger partial charge on any atom is -0.469 e. The standard InChI is InChI=1S/C9H18N2O4S2/c1-7(2)11(6-8(10)16)17(13,14)5-4-9(12)15-3/h7H,4-6H2,1-3H3,(H2,10,16). The third-order valence-electron chi connectivity index (χ3n) is 2.04. The van der Waals surface area contributed by atoms with E-state index in [-0.39, 0.29) is 29.7 Å². The van der Waals surface area contributed by atoms with Crippen LogP contribution in [0.25, 0.3) is 0 Å². The molecule has 100 valence electrons. The first-order valence-corrected chi connectivity index (χ1v) is 7.07. The highest BCUT2D eigenvalue weighted by atomic mass is 32.2. The van der Waals surface area contributed by atoms with Gasteiger partial charge in [-0.25, -0.2) is 8.42 Å². The lowest BCUT2D eigenvalue weighted by molar-refractivity contribution is -0.140. The normalized spacial score (nSPS) is 11.8. The zero-order valence-electron chi connectivity index (χ0n) is 10.2. The summed E-state index contributed by atoms with van der Waals surface area (Å²) >= 11 is 4.70. The summed E-state index contributed by atoms with van der Waals surface area (Å²) in [5.41, 5.74) is 5.34. The monoisotopic (exact) mass is 282 g/mol. The first kappa shape index (κ1) is 16.3. The van der Waals surface area contributed by atoms with Gasteiger partial charge in [-0.15, -0.1) is 0 Å². The van der Waals surface area contributed by atoms with Crippen molar-refractivity contribution in [2.45, 2.75) is 26.3 Å². The highest BCUT2D eigenvalue weighted by Gasteiger charge is 2.26. The van der Waals surface area contributed by atoms with Gasteiger partial charge in [0.1, 0.15) is 0 Å². The smallest absolute Gasteiger partial charge is 0.306 e. The van der Waals surface area contributed by atoms with Crippen LogP contribution in [0.1, 0.15) is 20.3 Å². The fraction of sp³-hybridized carbons (Fsp3) is 0.778. The number of carbonyl (C=O) groups is 1. The Kier molecular flexibility index (Phi) is 6.58. The number of ether oxygens (including phenoxy) is 1. The van der Waals surface area contributed by atoms with Crippen LogP contribution in [0, 0.1) is 0 Å². The molecule has 0 amide bonds. The van der Waals surface area contributed by atoms with Gasteiger partial charge in [0.15, 0.2) is 0 Å². The Morgan fingerprint density at radius 1 is 1.47 bits per heavy atom. The number of methoxy groups -OCH3 is 1. The molecule has 8 heteroatoms. The number of hydrogen-bond acceptors (Lipinski definition) is 5. The molecule has 2 N–H and O–H groups in total. The largest absolute Gasteiger partial charge is 0.469 e. The molecule has 0 spiro atoms. The van der Waals surface area contributed by atoms with Crippen molar-refractivity contribution < 1.29 is 17.9 Å². The second kappa shape index (κ2) is 6.87. The molecule has 0 aromatic carbocycles. The molecule has 6 nitrogen and oxygen atoms in total. The number of esters is 1. The van der Waals surface area contributed by atoms with E-state index >= 15 is 0 Å². The van der Waals surface area contributed by atoms with E-state index in [0.717, 1.165) is 0 Å². The van der Waals surface area contributed by atoms with Gasteiger partial charge < -0.3 is 10.5 Å². The van der Waals surface area contributed by atoms with Gasteiger partial charge >= 0.3 is 5.97 Å². The number of rotatable bonds is 7. The van der Waals surface area contributed by atoms with Gasteiger partial charge in [-0.05, 0) is 13.8 Å². The fourth-order valence-electron chi connectivity index (χ4n) is 1.19. The number of sulfonamides is 1. The Labute approximate surface area is 107 Å². The van der Waals surface area contributed by atoms with Crippen LogP contribution < -0.4 is 5.73 Å². The van der Waals surface area contributed by atoms with E-state index in [1.54, 1.807) is 13.8 Å². The van der Waals surface area contributed by atoms with E-state index in [4.69, 9.17) is 18.0 Å². The van der Waals surface area contributed by atoms with Crippen LogP contribution in [0.15, 0.2) is 0 Å². The van der Waals surface area contributed by atoms with Crippen molar-refractivity contribution in [3.05, 3.63) is 0 Å². The molecule has 0 saturated carbocycles. The van der Waals surface area contributed by atoms with Crippen LogP contribution >= 0.6 is 12.2 Å². The van der Waals surface area contributed by atoms with Crippen LogP contribution in [0.4, 0.5) is 0 Å². The van der Waals surface area contributed by atoms with Crippen molar-refractivity contribution in [2.75, 3.05) is 19.4 Å². The molecule has 0 radical (unpaired) electrons. The Morgan fingerprint density at radius 2 is 2.00 bits per heavy atom. The maximum absolute atomic E-state index is 11.9. The predicted octanol–water partition coefficient (Wildman–Crippen LogP) is -0.124. The second-order valence-corrected chi connectivity index (χ2v) is 6.31. The molecule has 0 rings (SSSR count). The quantitative estimate of drug-likeness (QED) is 0.517. The average Bonchev–Trinajstić information content (AvgIpc) is 2.21. The molecule has 0 aliphatic heterocycles. The number of hydrogen-bond donors (Lipinski definition) is 1. The summed E-state index contributed by atoms with van der Waals surface area (Å²) in [6, 6.07) is -0.265. The van der Waals surface area contributed by atoms with Crippen LogP contribution in [-0.2, 0) is 19.6 Å². The number of nitrogens with two attached hydrogens (primary N) is 1. The highest BCUT2D eigenvalue weighted by molar-refractivity contribution is 7.89. The molecule has 0 aromatic heterocycles. The summed E-state index contributed by atoms with van der Waals surface area (Å²) in [4.78, 5) is 11.0. The molecule has 0 heterocycles. The van der Waals surface area contributed by atoms with Gasteiger partial charge in [-0.3, -0.25) is 4.79 Å². The van der Waals surface area contributed by atoms with Crippen molar-refractivity contribution in [1.29, 1.82) is 0 Å². The topological polar surface area (TPSA) is 89.7 Å². The van der Waals surface area contributed by atoms with E-state index in [1.807, 2.05) is 0 Å². The Balaban J connectivity index is 4.73. The van der Waals surface area contributed by atoms with Gasteiger partial charge in [-0.1, -0.05) is 12.2 Å². The minimum absolute atomic E-state index is 0.0174. The summed E-state index contributed by atoms with van der Waals surface area (Å²) in [7, 11) is -2.34. The minimum atomic E-state index is -3.56. The Hall–Kier alpha value is -0.730. The molecule has 0 bridgehead atoms. The Bertz CT molecular complexity index is 378. The predicted molar refractivity (Wildman–Crippen MR) is 69.0 cm³/mol. The molecule has 17 heavy (non-hydrogen) atoms. The zero-order chi connectivity index (χ0) is 13.6. The van der Waals surface area contributed by atoms with Gasteiger partial charge in [0, 0.05) is 6.04 Å². The summed E-state index contributed by atoms with van der Waals surface area (Å²) in [6.45, 7) is 3.42. The van der Waals surface area contributed by atoms with E-state index in [2.05, 4.69) is 4.74 Å². The SMILES string of the molecule is COC(=O)CCS(=O)(=O)N(CC(N)=S)C(C)C. The molecule has 0 fully saturated rings. The van der Waals surface area contributed by atoms with Crippen LogP contribution in [-0.4, -0.2) is 49.1 Å². The molecular weight excluding hydrogens is 264 g/mol. The summed E-state index contributed by atoms with van der Waals surface area (Å²) < 4.78 is 29.4. The first-order chi connectivity index (χ1) is 7.70. The molecule has 0 saturated heterocycles. The van der Waals surface area contributed by atoms with Crippen LogP contribution in [0.2, 0.25) is 0 Å². The van der Waals surface area contributed by atoms with Crippen LogP contribution in [0.3, 0.4) is 0 Å². The number of thiocarbonyl (C=S) groups is 1. The van der Waals surface area contributed by atoms with Crippen molar-refractivity contribution in [3.63, 3.8) is 0 Å². The van der Waals surface area contributed by atoms with Gasteiger partial charge in [0.05, 0.1) is 30.8 Å². The third-order valence-corrected chi connectivity index (χ3v) is 4.15. The van der Waals surface area contributed by atoms with E-state index in [1.165, 1.54) is 11.4 Å². The van der Waals surface area contributed by atoms with Crippen molar-refractivity contribution >= 4 is 33.2 Å². The average molecular weight is 282 g/mol. The maximum Gasteiger partial charge on any atom is 0.306 e. The van der Waals surface area contributed by atoms with E-state index in [9.17, 15) is 13.2 Å². The molecule has 0 aliphatic rings. The summed E-state index contributed by atoms with van der Waals surface area (Å²) in [5, 5.41) is 0.